The Morgan fingerprint density at radius 2 is 1.78 bits per heavy atom. The second kappa shape index (κ2) is 5.73. The minimum absolute atomic E-state index is 0.288. The van der Waals surface area contributed by atoms with Crippen LogP contribution in [-0.4, -0.2) is 9.85 Å². The van der Waals surface area contributed by atoms with Crippen LogP contribution in [-0.2, 0) is 0 Å². The molecule has 7 nitrogen and oxygen atoms in total. The molecule has 0 amide bonds. The smallest absolute Gasteiger partial charge is 0.290 e. The molecule has 0 aliphatic rings. The highest BCUT2D eigenvalue weighted by atomic mass is 32.2. The first-order valence-electron chi connectivity index (χ1n) is 6.55. The maximum Gasteiger partial charge on any atom is 0.290 e. The molecule has 0 aliphatic carbocycles. The van der Waals surface area contributed by atoms with Crippen molar-refractivity contribution in [2.45, 2.75) is 16.9 Å². The minimum Gasteiger partial charge on any atom is -0.450 e. The van der Waals surface area contributed by atoms with Crippen LogP contribution in [0.5, 0.6) is 0 Å². The third kappa shape index (κ3) is 3.02. The average Bonchev–Trinajstić information content (AvgIpc) is 2.88. The van der Waals surface area contributed by atoms with Gasteiger partial charge in [-0.25, -0.2) is 0 Å². The van der Waals surface area contributed by atoms with Crippen LogP contribution in [0.1, 0.15) is 5.56 Å². The second-order valence-corrected chi connectivity index (χ2v) is 5.92. The van der Waals surface area contributed by atoms with Crippen molar-refractivity contribution in [1.82, 2.24) is 0 Å². The first-order chi connectivity index (χ1) is 10.9. The summed E-state index contributed by atoms with van der Waals surface area (Å²) in [6.45, 7) is 1.94. The third-order valence-electron chi connectivity index (χ3n) is 3.21. The van der Waals surface area contributed by atoms with Crippen LogP contribution in [0, 0.1) is 27.2 Å². The van der Waals surface area contributed by atoms with Crippen molar-refractivity contribution in [2.24, 2.45) is 0 Å². The van der Waals surface area contributed by atoms with E-state index in [1.165, 1.54) is 12.1 Å². The van der Waals surface area contributed by atoms with Crippen LogP contribution in [0.3, 0.4) is 0 Å². The number of nitro groups is 2. The fourth-order valence-electron chi connectivity index (χ4n) is 2.12. The van der Waals surface area contributed by atoms with E-state index in [1.807, 2.05) is 25.1 Å². The number of benzene rings is 2. The number of fused-ring (bicyclic) bond motifs is 1. The predicted octanol–water partition coefficient (Wildman–Crippen LogP) is 4.71. The van der Waals surface area contributed by atoms with Crippen molar-refractivity contribution in [1.29, 1.82) is 0 Å². The van der Waals surface area contributed by atoms with Crippen LogP contribution in [0.15, 0.2) is 56.9 Å². The summed E-state index contributed by atoms with van der Waals surface area (Å²) in [7, 11) is 0. The Balaban J connectivity index is 2.00. The summed E-state index contributed by atoms with van der Waals surface area (Å²) in [4.78, 5) is 20.9. The largest absolute Gasteiger partial charge is 0.450 e. The van der Waals surface area contributed by atoms with E-state index in [0.717, 1.165) is 28.8 Å². The van der Waals surface area contributed by atoms with Gasteiger partial charge in [-0.3, -0.25) is 20.2 Å². The number of hydrogen-bond acceptors (Lipinski definition) is 6. The zero-order valence-corrected chi connectivity index (χ0v) is 12.7. The van der Waals surface area contributed by atoms with E-state index in [9.17, 15) is 20.2 Å². The molecule has 23 heavy (non-hydrogen) atoms. The monoisotopic (exact) mass is 330 g/mol. The number of hydrogen-bond donors (Lipinski definition) is 0. The molecular weight excluding hydrogens is 320 g/mol. The number of rotatable bonds is 4. The minimum atomic E-state index is -0.661. The maximum atomic E-state index is 11.1. The molecule has 0 unspecified atom stereocenters. The fourth-order valence-corrected chi connectivity index (χ4v) is 3.03. The molecule has 3 aromatic rings. The van der Waals surface area contributed by atoms with Crippen LogP contribution < -0.4 is 0 Å². The van der Waals surface area contributed by atoms with Gasteiger partial charge in [0.15, 0.2) is 5.09 Å². The van der Waals surface area contributed by atoms with Crippen LogP contribution in [0.25, 0.3) is 11.0 Å². The molecule has 0 radical (unpaired) electrons. The molecule has 0 saturated carbocycles. The number of non-ortho nitro benzene ring substituents is 1. The van der Waals surface area contributed by atoms with Crippen molar-refractivity contribution in [2.75, 3.05) is 0 Å². The summed E-state index contributed by atoms with van der Waals surface area (Å²) in [5.74, 6) is 0. The Hall–Kier alpha value is -2.87. The SMILES string of the molecule is Cc1ccc2cc(Sc3ccc([N+](=O)[O-])cc3[N+](=O)[O-])oc2c1. The summed E-state index contributed by atoms with van der Waals surface area (Å²) >= 11 is 1.06. The van der Waals surface area contributed by atoms with Gasteiger partial charge in [-0.1, -0.05) is 12.1 Å². The lowest BCUT2D eigenvalue weighted by Crippen LogP contribution is -1.94. The van der Waals surface area contributed by atoms with Gasteiger partial charge in [0.05, 0.1) is 20.8 Å². The standard InChI is InChI=1S/C15H10N2O5S/c1-9-2-3-10-7-15(22-13(10)6-9)23-14-5-4-11(16(18)19)8-12(14)17(20)21/h2-8H,1H3. The topological polar surface area (TPSA) is 99.4 Å². The van der Waals surface area contributed by atoms with Gasteiger partial charge in [-0.2, -0.15) is 0 Å². The summed E-state index contributed by atoms with van der Waals surface area (Å²) in [6.07, 6.45) is 0. The molecule has 116 valence electrons. The zero-order chi connectivity index (χ0) is 16.6. The van der Waals surface area contributed by atoms with Gasteiger partial charge in [0.1, 0.15) is 5.58 Å². The van der Waals surface area contributed by atoms with E-state index in [1.54, 1.807) is 6.07 Å². The van der Waals surface area contributed by atoms with Gasteiger partial charge in [0.25, 0.3) is 11.4 Å². The van der Waals surface area contributed by atoms with Crippen molar-refractivity contribution in [3.63, 3.8) is 0 Å². The van der Waals surface area contributed by atoms with Crippen molar-refractivity contribution < 1.29 is 14.3 Å². The van der Waals surface area contributed by atoms with E-state index in [0.29, 0.717) is 10.7 Å². The molecule has 1 heterocycles. The predicted molar refractivity (Wildman–Crippen MR) is 84.8 cm³/mol. The lowest BCUT2D eigenvalue weighted by Gasteiger charge is -2.00. The Labute approximate surface area is 134 Å². The lowest BCUT2D eigenvalue weighted by atomic mass is 10.2. The molecule has 0 bridgehead atoms. The first kappa shape index (κ1) is 15.0. The van der Waals surface area contributed by atoms with E-state index in [2.05, 4.69) is 0 Å². The fraction of sp³-hybridized carbons (Fsp3) is 0.0667. The molecule has 2 aromatic carbocycles. The second-order valence-electron chi connectivity index (χ2n) is 4.88. The van der Waals surface area contributed by atoms with Gasteiger partial charge in [-0.05, 0) is 42.4 Å². The molecule has 1 aromatic heterocycles. The Morgan fingerprint density at radius 1 is 1.00 bits per heavy atom. The first-order valence-corrected chi connectivity index (χ1v) is 7.36. The third-order valence-corrected chi connectivity index (χ3v) is 4.18. The molecule has 0 atom stereocenters. The molecule has 0 N–H and O–H groups in total. The van der Waals surface area contributed by atoms with Gasteiger partial charge in [-0.15, -0.1) is 0 Å². The summed E-state index contributed by atoms with van der Waals surface area (Å²) in [5, 5.41) is 23.3. The Morgan fingerprint density at radius 3 is 2.48 bits per heavy atom. The molecule has 0 aliphatic heterocycles. The van der Waals surface area contributed by atoms with E-state index >= 15 is 0 Å². The molecular formula is C15H10N2O5S. The zero-order valence-electron chi connectivity index (χ0n) is 11.9. The quantitative estimate of drug-likeness (QED) is 0.507. The van der Waals surface area contributed by atoms with Gasteiger partial charge in [0, 0.05) is 11.5 Å². The Kier molecular flexibility index (Phi) is 3.75. The number of nitro benzene ring substituents is 2. The van der Waals surface area contributed by atoms with Crippen molar-refractivity contribution in [3.05, 3.63) is 68.3 Å². The summed E-state index contributed by atoms with van der Waals surface area (Å²) in [5.41, 5.74) is 1.10. The number of aryl methyl sites for hydroxylation is 1. The summed E-state index contributed by atoms with van der Waals surface area (Å²) in [6, 6.07) is 11.1. The van der Waals surface area contributed by atoms with Crippen molar-refractivity contribution in [3.8, 4) is 0 Å². The van der Waals surface area contributed by atoms with Crippen LogP contribution >= 0.6 is 11.8 Å². The van der Waals surface area contributed by atoms with Gasteiger partial charge >= 0.3 is 0 Å². The number of furan rings is 1. The lowest BCUT2D eigenvalue weighted by molar-refractivity contribution is -0.396. The normalized spacial score (nSPS) is 10.8. The Bertz CT molecular complexity index is 935. The molecule has 0 spiro atoms. The van der Waals surface area contributed by atoms with E-state index < -0.39 is 9.85 Å². The maximum absolute atomic E-state index is 11.1. The van der Waals surface area contributed by atoms with Gasteiger partial charge < -0.3 is 4.42 Å². The van der Waals surface area contributed by atoms with Crippen LogP contribution in [0.2, 0.25) is 0 Å². The van der Waals surface area contributed by atoms with Crippen molar-refractivity contribution >= 4 is 34.1 Å². The molecule has 0 saturated heterocycles. The molecule has 0 fully saturated rings. The highest BCUT2D eigenvalue weighted by Gasteiger charge is 2.21. The van der Waals surface area contributed by atoms with E-state index in [-0.39, 0.29) is 16.3 Å². The van der Waals surface area contributed by atoms with E-state index in [4.69, 9.17) is 4.42 Å². The summed E-state index contributed by atoms with van der Waals surface area (Å²) < 4.78 is 5.67. The molecule has 3 rings (SSSR count). The number of nitrogens with zero attached hydrogens (tertiary/aromatic N) is 2. The highest BCUT2D eigenvalue weighted by molar-refractivity contribution is 7.99. The average molecular weight is 330 g/mol. The van der Waals surface area contributed by atoms with Crippen LogP contribution in [0.4, 0.5) is 11.4 Å². The highest BCUT2D eigenvalue weighted by Crippen LogP contribution is 2.39. The molecule has 8 heteroatoms. The van der Waals surface area contributed by atoms with Gasteiger partial charge in [0.2, 0.25) is 0 Å².